The minimum atomic E-state index is -3.92. The molecule has 162 valence electrons. The highest BCUT2D eigenvalue weighted by Gasteiger charge is 2.53. The van der Waals surface area contributed by atoms with E-state index in [4.69, 9.17) is 18.1 Å². The fraction of sp³-hybridized carbons (Fsp3) is 0.722. The summed E-state index contributed by atoms with van der Waals surface area (Å²) >= 11 is 1.08. The Morgan fingerprint density at radius 1 is 0.786 bits per heavy atom. The second-order valence-electron chi connectivity index (χ2n) is 7.33. The van der Waals surface area contributed by atoms with Gasteiger partial charge in [0, 0.05) is 17.3 Å². The first-order valence-electron chi connectivity index (χ1n) is 9.37. The molecule has 10 heteroatoms. The van der Waals surface area contributed by atoms with Crippen molar-refractivity contribution in [2.75, 3.05) is 0 Å². The third kappa shape index (κ3) is 8.27. The molecule has 1 aromatic rings. The predicted molar refractivity (Wildman–Crippen MR) is 114 cm³/mol. The van der Waals surface area contributed by atoms with E-state index >= 15 is 0 Å². The molecule has 1 aromatic heterocycles. The second kappa shape index (κ2) is 11.3. The van der Waals surface area contributed by atoms with Crippen molar-refractivity contribution in [3.05, 3.63) is 24.5 Å². The first-order chi connectivity index (χ1) is 12.9. The SMILES string of the molecule is CC(C)OP(=O)(OC(C)C)C(Sc1cccnc1)P(=O)(OC(C)C)OC(C)C. The maximum absolute atomic E-state index is 13.9. The molecule has 0 saturated carbocycles. The van der Waals surface area contributed by atoms with Crippen LogP contribution >= 0.6 is 27.0 Å². The highest BCUT2D eigenvalue weighted by molar-refractivity contribution is 8.12. The normalized spacial score (nSPS) is 13.5. The fourth-order valence-electron chi connectivity index (χ4n) is 2.27. The molecule has 1 rings (SSSR count). The molecule has 28 heavy (non-hydrogen) atoms. The Hall–Kier alpha value is -0.200. The average Bonchev–Trinajstić information content (AvgIpc) is 2.50. The molecule has 0 radical (unpaired) electrons. The number of nitrogens with zero attached hydrogens (tertiary/aromatic N) is 1. The van der Waals surface area contributed by atoms with Crippen LogP contribution in [-0.4, -0.2) is 34.1 Å². The Morgan fingerprint density at radius 3 is 1.46 bits per heavy atom. The molecule has 0 aliphatic heterocycles. The quantitative estimate of drug-likeness (QED) is 0.260. The molecule has 1 heterocycles. The van der Waals surface area contributed by atoms with Gasteiger partial charge in [-0.1, -0.05) is 11.8 Å². The molecule has 0 saturated heterocycles. The van der Waals surface area contributed by atoms with E-state index in [2.05, 4.69) is 4.98 Å². The van der Waals surface area contributed by atoms with Crippen LogP contribution in [0.2, 0.25) is 0 Å². The minimum Gasteiger partial charge on any atom is -0.305 e. The third-order valence-corrected chi connectivity index (χ3v) is 11.4. The van der Waals surface area contributed by atoms with Gasteiger partial charge in [0.25, 0.3) is 0 Å². The van der Waals surface area contributed by atoms with Crippen molar-refractivity contribution in [2.45, 2.75) is 89.4 Å². The minimum absolute atomic E-state index is 0.409. The summed E-state index contributed by atoms with van der Waals surface area (Å²) < 4.78 is 49.7. The van der Waals surface area contributed by atoms with Crippen molar-refractivity contribution in [1.82, 2.24) is 4.98 Å². The molecule has 0 unspecified atom stereocenters. The molecule has 0 aromatic carbocycles. The van der Waals surface area contributed by atoms with Crippen LogP contribution in [0, 0.1) is 0 Å². The molecule has 0 fully saturated rings. The number of aromatic nitrogens is 1. The predicted octanol–water partition coefficient (Wildman–Crippen LogP) is 6.54. The lowest BCUT2D eigenvalue weighted by Crippen LogP contribution is -2.21. The Kier molecular flexibility index (Phi) is 10.4. The van der Waals surface area contributed by atoms with Gasteiger partial charge in [0.1, 0.15) is 0 Å². The van der Waals surface area contributed by atoms with E-state index in [0.29, 0.717) is 4.90 Å². The molecule has 0 amide bonds. The molecular weight excluding hydrogens is 420 g/mol. The van der Waals surface area contributed by atoms with E-state index < -0.39 is 44.3 Å². The lowest BCUT2D eigenvalue weighted by Gasteiger charge is -2.34. The molecule has 0 spiro atoms. The Labute approximate surface area is 173 Å². The first kappa shape index (κ1) is 25.8. The standard InChI is InChI=1S/C18H33NO6P2S/c1-13(2)22-26(20,23-14(3)4)18(28-17-10-9-11-19-12-17)27(21,24-15(5)6)25-16(7)8/h9-16,18H,1-8H3. The van der Waals surface area contributed by atoms with Crippen LogP contribution in [0.1, 0.15) is 55.4 Å². The molecular formula is C18H33NO6P2S. The van der Waals surface area contributed by atoms with E-state index in [0.717, 1.165) is 11.8 Å². The zero-order valence-corrected chi connectivity index (χ0v) is 20.5. The summed E-state index contributed by atoms with van der Waals surface area (Å²) in [6, 6.07) is 3.53. The van der Waals surface area contributed by atoms with Crippen LogP contribution in [-0.2, 0) is 27.2 Å². The van der Waals surface area contributed by atoms with Crippen molar-refractivity contribution in [1.29, 1.82) is 0 Å². The number of thioether (sulfide) groups is 1. The fourth-order valence-corrected chi connectivity index (χ4v) is 10.1. The van der Waals surface area contributed by atoms with E-state index in [-0.39, 0.29) is 0 Å². The highest BCUT2D eigenvalue weighted by Crippen LogP contribution is 2.76. The van der Waals surface area contributed by atoms with Crippen molar-refractivity contribution in [3.8, 4) is 0 Å². The van der Waals surface area contributed by atoms with Gasteiger partial charge in [0.05, 0.1) is 24.4 Å². The molecule has 0 bridgehead atoms. The summed E-state index contributed by atoms with van der Waals surface area (Å²) in [5, 5.41) is 0. The van der Waals surface area contributed by atoms with Crippen molar-refractivity contribution in [2.24, 2.45) is 0 Å². The van der Waals surface area contributed by atoms with Crippen LogP contribution in [0.5, 0.6) is 0 Å². The van der Waals surface area contributed by atoms with Crippen LogP contribution < -0.4 is 0 Å². The van der Waals surface area contributed by atoms with Crippen LogP contribution in [0.4, 0.5) is 0 Å². The van der Waals surface area contributed by atoms with Crippen LogP contribution in [0.25, 0.3) is 0 Å². The van der Waals surface area contributed by atoms with Crippen molar-refractivity contribution < 1.29 is 27.2 Å². The van der Waals surface area contributed by atoms with Gasteiger partial charge >= 0.3 is 15.2 Å². The lowest BCUT2D eigenvalue weighted by molar-refractivity contribution is 0.129. The molecule has 7 nitrogen and oxygen atoms in total. The molecule has 0 aliphatic rings. The largest absolute Gasteiger partial charge is 0.356 e. The summed E-state index contributed by atoms with van der Waals surface area (Å²) in [7, 11) is -7.84. The van der Waals surface area contributed by atoms with Gasteiger partial charge in [-0.15, -0.1) is 0 Å². The smallest absolute Gasteiger partial charge is 0.305 e. The van der Waals surface area contributed by atoms with E-state index in [1.165, 1.54) is 0 Å². The second-order valence-corrected chi connectivity index (χ2v) is 13.6. The Balaban J connectivity index is 3.53. The van der Waals surface area contributed by atoms with Gasteiger partial charge in [0.15, 0.2) is 0 Å². The van der Waals surface area contributed by atoms with Crippen LogP contribution in [0.15, 0.2) is 29.4 Å². The monoisotopic (exact) mass is 453 g/mol. The molecule has 0 aliphatic carbocycles. The third-order valence-electron chi connectivity index (χ3n) is 2.85. The summed E-state index contributed by atoms with van der Waals surface area (Å²) in [4.78, 5) is 4.74. The number of pyridine rings is 1. The average molecular weight is 453 g/mol. The summed E-state index contributed by atoms with van der Waals surface area (Å²) in [6.07, 6.45) is 1.59. The maximum atomic E-state index is 13.9. The van der Waals surface area contributed by atoms with Gasteiger partial charge in [-0.3, -0.25) is 14.1 Å². The zero-order chi connectivity index (χ0) is 21.5. The number of hydrogen-bond acceptors (Lipinski definition) is 8. The van der Waals surface area contributed by atoms with E-state index in [1.54, 1.807) is 79.9 Å². The number of hydrogen-bond donors (Lipinski definition) is 0. The van der Waals surface area contributed by atoms with Gasteiger partial charge in [0.2, 0.25) is 4.73 Å². The van der Waals surface area contributed by atoms with Crippen molar-refractivity contribution >= 4 is 27.0 Å². The van der Waals surface area contributed by atoms with Gasteiger partial charge < -0.3 is 18.1 Å². The van der Waals surface area contributed by atoms with Gasteiger partial charge in [-0.2, -0.15) is 0 Å². The van der Waals surface area contributed by atoms with E-state index in [1.807, 2.05) is 0 Å². The van der Waals surface area contributed by atoms with Gasteiger partial charge in [-0.25, -0.2) is 0 Å². The topological polar surface area (TPSA) is 84.0 Å². The summed E-state index contributed by atoms with van der Waals surface area (Å²) in [5.41, 5.74) is 0. The lowest BCUT2D eigenvalue weighted by atomic mass is 10.5. The molecule has 0 atom stereocenters. The highest BCUT2D eigenvalue weighted by atomic mass is 32.2. The summed E-state index contributed by atoms with van der Waals surface area (Å²) in [5.74, 6) is 0. The number of rotatable bonds is 12. The summed E-state index contributed by atoms with van der Waals surface area (Å²) in [6.45, 7) is 14.0. The van der Waals surface area contributed by atoms with Crippen molar-refractivity contribution in [3.63, 3.8) is 0 Å². The van der Waals surface area contributed by atoms with Gasteiger partial charge in [-0.05, 0) is 67.5 Å². The first-order valence-corrected chi connectivity index (χ1v) is 13.5. The Bertz CT molecular complexity index is 618. The molecule has 0 N–H and O–H groups in total. The van der Waals surface area contributed by atoms with E-state index in [9.17, 15) is 9.13 Å². The maximum Gasteiger partial charge on any atom is 0.356 e. The Morgan fingerprint density at radius 2 is 1.18 bits per heavy atom. The van der Waals surface area contributed by atoms with Crippen LogP contribution in [0.3, 0.4) is 0 Å². The zero-order valence-electron chi connectivity index (χ0n) is 17.9.